The maximum atomic E-state index is 13.3. The van der Waals surface area contributed by atoms with Gasteiger partial charge in [-0.15, -0.1) is 11.3 Å². The molecule has 2 N–H and O–H groups in total. The second-order valence-electron chi connectivity index (χ2n) is 3.34. The third kappa shape index (κ3) is 4.30. The Balaban J connectivity index is 0.000000861. The minimum Gasteiger partial charge on any atom is -0.375 e. The molecule has 0 fully saturated rings. The summed E-state index contributed by atoms with van der Waals surface area (Å²) in [5, 5.41) is 2.30. The van der Waals surface area contributed by atoms with Gasteiger partial charge in [0.1, 0.15) is 5.82 Å². The Labute approximate surface area is 115 Å². The number of benzene rings is 1. The average Bonchev–Trinajstić information content (AvgIpc) is 2.85. The van der Waals surface area contributed by atoms with E-state index in [0.717, 1.165) is 5.69 Å². The SMILES string of the molecule is CC.Nc1nc(/C=C/c2ccc(C=O)c(F)c2)cs1. The highest BCUT2D eigenvalue weighted by Crippen LogP contribution is 2.15. The van der Waals surface area contributed by atoms with Gasteiger partial charge in [-0.05, 0) is 23.8 Å². The van der Waals surface area contributed by atoms with Crippen molar-refractivity contribution in [1.29, 1.82) is 0 Å². The number of anilines is 1. The normalized spacial score (nSPS) is 10.1. The van der Waals surface area contributed by atoms with E-state index in [-0.39, 0.29) is 5.56 Å². The number of carbonyl (C=O) groups is 1. The van der Waals surface area contributed by atoms with Crippen molar-refractivity contribution >= 4 is 34.9 Å². The van der Waals surface area contributed by atoms with Crippen LogP contribution in [0.15, 0.2) is 23.6 Å². The molecule has 0 amide bonds. The molecule has 3 nitrogen and oxygen atoms in total. The van der Waals surface area contributed by atoms with Crippen molar-refractivity contribution < 1.29 is 9.18 Å². The molecule has 0 spiro atoms. The largest absolute Gasteiger partial charge is 0.375 e. The Bertz CT molecular complexity index is 579. The number of halogens is 1. The number of hydrogen-bond acceptors (Lipinski definition) is 4. The van der Waals surface area contributed by atoms with E-state index in [2.05, 4.69) is 4.98 Å². The zero-order chi connectivity index (χ0) is 14.3. The summed E-state index contributed by atoms with van der Waals surface area (Å²) in [5.41, 5.74) is 6.94. The van der Waals surface area contributed by atoms with Crippen LogP contribution in [0.5, 0.6) is 0 Å². The molecule has 0 radical (unpaired) electrons. The Kier molecular flexibility index (Phi) is 5.89. The van der Waals surface area contributed by atoms with Crippen molar-refractivity contribution in [3.8, 4) is 0 Å². The zero-order valence-electron chi connectivity index (χ0n) is 10.8. The summed E-state index contributed by atoms with van der Waals surface area (Å²) in [6, 6.07) is 4.41. The van der Waals surface area contributed by atoms with E-state index in [1.165, 1.54) is 23.5 Å². The summed E-state index contributed by atoms with van der Waals surface area (Å²) in [7, 11) is 0. The standard InChI is InChI=1S/C12H9FN2OS.C2H6/c13-11-5-8(1-3-9(11)6-16)2-4-10-7-17-12(14)15-10;1-2/h1-7H,(H2,14,15);1-2H3/b4-2+;. The molecule has 0 saturated carbocycles. The van der Waals surface area contributed by atoms with E-state index in [1.807, 2.05) is 19.2 Å². The fourth-order valence-corrected chi connectivity index (χ4v) is 1.83. The minimum atomic E-state index is -0.528. The lowest BCUT2D eigenvalue weighted by atomic mass is 10.1. The molecule has 100 valence electrons. The van der Waals surface area contributed by atoms with Crippen molar-refractivity contribution in [2.45, 2.75) is 13.8 Å². The fourth-order valence-electron chi connectivity index (χ4n) is 1.30. The molecular weight excluding hydrogens is 263 g/mol. The van der Waals surface area contributed by atoms with Gasteiger partial charge in [-0.25, -0.2) is 9.37 Å². The maximum absolute atomic E-state index is 13.3. The molecule has 0 unspecified atom stereocenters. The van der Waals surface area contributed by atoms with Crippen LogP contribution in [-0.4, -0.2) is 11.3 Å². The molecule has 0 aliphatic carbocycles. The van der Waals surface area contributed by atoms with Crippen LogP contribution in [0.25, 0.3) is 12.2 Å². The van der Waals surface area contributed by atoms with Crippen molar-refractivity contribution in [3.63, 3.8) is 0 Å². The average molecular weight is 278 g/mol. The van der Waals surface area contributed by atoms with Gasteiger partial charge in [0.2, 0.25) is 0 Å². The van der Waals surface area contributed by atoms with Crippen LogP contribution in [0.2, 0.25) is 0 Å². The quantitative estimate of drug-likeness (QED) is 0.867. The molecule has 2 aromatic rings. The number of aldehydes is 1. The first-order valence-electron chi connectivity index (χ1n) is 5.83. The van der Waals surface area contributed by atoms with Crippen LogP contribution in [0.4, 0.5) is 9.52 Å². The smallest absolute Gasteiger partial charge is 0.180 e. The number of thiazole rings is 1. The maximum Gasteiger partial charge on any atom is 0.180 e. The summed E-state index contributed by atoms with van der Waals surface area (Å²) in [6.07, 6.45) is 3.94. The van der Waals surface area contributed by atoms with Crippen LogP contribution < -0.4 is 5.73 Å². The first-order chi connectivity index (χ1) is 9.19. The highest BCUT2D eigenvalue weighted by atomic mass is 32.1. The molecule has 2 rings (SSSR count). The lowest BCUT2D eigenvalue weighted by Crippen LogP contribution is -1.87. The Morgan fingerprint density at radius 2 is 2.05 bits per heavy atom. The van der Waals surface area contributed by atoms with Crippen molar-refractivity contribution in [2.24, 2.45) is 0 Å². The number of nitrogens with two attached hydrogens (primary N) is 1. The number of carbonyl (C=O) groups excluding carboxylic acids is 1. The summed E-state index contributed by atoms with van der Waals surface area (Å²) in [4.78, 5) is 14.5. The van der Waals surface area contributed by atoms with Crippen LogP contribution in [-0.2, 0) is 0 Å². The molecule has 0 saturated heterocycles. The predicted molar refractivity (Wildman–Crippen MR) is 78.6 cm³/mol. The van der Waals surface area contributed by atoms with E-state index >= 15 is 0 Å². The molecule has 0 aliphatic rings. The summed E-state index contributed by atoms with van der Waals surface area (Å²) >= 11 is 1.34. The molecule has 5 heteroatoms. The van der Waals surface area contributed by atoms with E-state index in [9.17, 15) is 9.18 Å². The molecule has 0 aliphatic heterocycles. The van der Waals surface area contributed by atoms with Crippen molar-refractivity contribution in [3.05, 3.63) is 46.2 Å². The Hall–Kier alpha value is -2.01. The molecular formula is C14H15FN2OS. The second-order valence-corrected chi connectivity index (χ2v) is 4.23. The zero-order valence-corrected chi connectivity index (χ0v) is 11.6. The van der Waals surface area contributed by atoms with Gasteiger partial charge in [-0.3, -0.25) is 4.79 Å². The van der Waals surface area contributed by atoms with Gasteiger partial charge in [-0.2, -0.15) is 0 Å². The van der Waals surface area contributed by atoms with Crippen molar-refractivity contribution in [1.82, 2.24) is 4.98 Å². The lowest BCUT2D eigenvalue weighted by Gasteiger charge is -1.96. The predicted octanol–water partition coefficient (Wildman–Crippen LogP) is 3.87. The Morgan fingerprint density at radius 1 is 1.32 bits per heavy atom. The molecule has 0 atom stereocenters. The third-order valence-corrected chi connectivity index (χ3v) is 2.83. The number of nitrogens with zero attached hydrogens (tertiary/aromatic N) is 1. The van der Waals surface area contributed by atoms with E-state index in [0.29, 0.717) is 17.0 Å². The molecule has 1 aromatic carbocycles. The fraction of sp³-hybridized carbons (Fsp3) is 0.143. The van der Waals surface area contributed by atoms with Gasteiger partial charge in [0, 0.05) is 5.38 Å². The number of aromatic nitrogens is 1. The highest BCUT2D eigenvalue weighted by molar-refractivity contribution is 7.13. The third-order valence-electron chi connectivity index (χ3n) is 2.14. The molecule has 19 heavy (non-hydrogen) atoms. The minimum absolute atomic E-state index is 0.0556. The second kappa shape index (κ2) is 7.43. The van der Waals surface area contributed by atoms with Crippen molar-refractivity contribution in [2.75, 3.05) is 5.73 Å². The van der Waals surface area contributed by atoms with Crippen LogP contribution in [0.1, 0.15) is 35.5 Å². The Morgan fingerprint density at radius 3 is 2.58 bits per heavy atom. The van der Waals surface area contributed by atoms with E-state index < -0.39 is 5.82 Å². The molecule has 1 aromatic heterocycles. The summed E-state index contributed by atoms with van der Waals surface area (Å²) < 4.78 is 13.3. The highest BCUT2D eigenvalue weighted by Gasteiger charge is 2.00. The van der Waals surface area contributed by atoms with Gasteiger partial charge in [0.25, 0.3) is 0 Å². The lowest BCUT2D eigenvalue weighted by molar-refractivity contribution is 0.112. The number of nitrogen functional groups attached to an aromatic ring is 1. The van der Waals surface area contributed by atoms with Gasteiger partial charge in [-0.1, -0.05) is 26.0 Å². The van der Waals surface area contributed by atoms with Crippen LogP contribution in [0.3, 0.4) is 0 Å². The van der Waals surface area contributed by atoms with E-state index in [1.54, 1.807) is 18.2 Å². The first kappa shape index (κ1) is 15.0. The number of hydrogen-bond donors (Lipinski definition) is 1. The van der Waals surface area contributed by atoms with E-state index in [4.69, 9.17) is 5.73 Å². The molecule has 0 bridgehead atoms. The van der Waals surface area contributed by atoms with Crippen LogP contribution in [0, 0.1) is 5.82 Å². The first-order valence-corrected chi connectivity index (χ1v) is 6.71. The van der Waals surface area contributed by atoms with Gasteiger partial charge in [0.05, 0.1) is 11.3 Å². The van der Waals surface area contributed by atoms with Crippen LogP contribution >= 0.6 is 11.3 Å². The van der Waals surface area contributed by atoms with Gasteiger partial charge >= 0.3 is 0 Å². The van der Waals surface area contributed by atoms with Gasteiger partial charge in [0.15, 0.2) is 11.4 Å². The summed E-state index contributed by atoms with van der Waals surface area (Å²) in [5.74, 6) is -0.528. The topological polar surface area (TPSA) is 56.0 Å². The number of rotatable bonds is 3. The van der Waals surface area contributed by atoms with Gasteiger partial charge < -0.3 is 5.73 Å². The monoisotopic (exact) mass is 278 g/mol. The summed E-state index contributed by atoms with van der Waals surface area (Å²) in [6.45, 7) is 4.00. The molecule has 1 heterocycles.